The van der Waals surface area contributed by atoms with Crippen molar-refractivity contribution in [2.75, 3.05) is 19.6 Å². The summed E-state index contributed by atoms with van der Waals surface area (Å²) in [5, 5.41) is 2.97. The molecule has 1 N–H and O–H groups in total. The van der Waals surface area contributed by atoms with Crippen molar-refractivity contribution in [1.29, 1.82) is 0 Å². The number of hydrogen-bond acceptors (Lipinski definition) is 3. The molecule has 26 heavy (non-hydrogen) atoms. The first-order valence-corrected chi connectivity index (χ1v) is 8.75. The molecule has 0 saturated carbocycles. The molecule has 3 rings (SSSR count). The number of nitrogens with zero attached hydrogens (tertiary/aromatic N) is 1. The maximum Gasteiger partial charge on any atom is 0.387 e. The lowest BCUT2D eigenvalue weighted by Gasteiger charge is -2.28. The molecule has 6 heteroatoms. The number of amides is 1. The van der Waals surface area contributed by atoms with Crippen LogP contribution in [0.2, 0.25) is 0 Å². The molecule has 1 amide bonds. The Morgan fingerprint density at radius 3 is 2.31 bits per heavy atom. The van der Waals surface area contributed by atoms with Gasteiger partial charge in [-0.2, -0.15) is 8.78 Å². The second kappa shape index (κ2) is 8.76. The van der Waals surface area contributed by atoms with Gasteiger partial charge < -0.3 is 10.1 Å². The van der Waals surface area contributed by atoms with Gasteiger partial charge in [0, 0.05) is 12.1 Å². The summed E-state index contributed by atoms with van der Waals surface area (Å²) < 4.78 is 28.7. The fourth-order valence-electron chi connectivity index (χ4n) is 3.27. The number of nitrogens with one attached hydrogen (secondary N) is 1. The number of alkyl halides is 2. The molecule has 1 atom stereocenters. The highest BCUT2D eigenvalue weighted by Gasteiger charge is 2.24. The Kier molecular flexibility index (Phi) is 6.17. The quantitative estimate of drug-likeness (QED) is 0.815. The molecule has 0 radical (unpaired) electrons. The van der Waals surface area contributed by atoms with Crippen LogP contribution in [0.4, 0.5) is 8.78 Å². The number of carbonyl (C=O) groups is 1. The van der Waals surface area contributed by atoms with Crippen molar-refractivity contribution in [2.45, 2.75) is 25.5 Å². The number of halogens is 2. The van der Waals surface area contributed by atoms with Gasteiger partial charge in [0.1, 0.15) is 5.75 Å². The minimum Gasteiger partial charge on any atom is -0.435 e. The minimum absolute atomic E-state index is 0.0378. The van der Waals surface area contributed by atoms with Crippen LogP contribution in [0.25, 0.3) is 0 Å². The molecule has 1 aliphatic heterocycles. The predicted octanol–water partition coefficient (Wildman–Crippen LogP) is 3.85. The molecule has 138 valence electrons. The van der Waals surface area contributed by atoms with Crippen molar-refractivity contribution >= 4 is 5.91 Å². The van der Waals surface area contributed by atoms with Gasteiger partial charge >= 0.3 is 6.61 Å². The van der Waals surface area contributed by atoms with Gasteiger partial charge in [0.25, 0.3) is 5.91 Å². The van der Waals surface area contributed by atoms with Crippen LogP contribution >= 0.6 is 0 Å². The molecule has 1 saturated heterocycles. The van der Waals surface area contributed by atoms with Gasteiger partial charge in [0.2, 0.25) is 0 Å². The Morgan fingerprint density at radius 1 is 1.04 bits per heavy atom. The van der Waals surface area contributed by atoms with Crippen molar-refractivity contribution in [2.24, 2.45) is 0 Å². The summed E-state index contributed by atoms with van der Waals surface area (Å²) in [6.07, 6.45) is 2.34. The number of carbonyl (C=O) groups excluding carboxylic acids is 1. The van der Waals surface area contributed by atoms with Gasteiger partial charge in [0.05, 0.1) is 6.04 Å². The van der Waals surface area contributed by atoms with Crippen LogP contribution in [-0.2, 0) is 0 Å². The molecular formula is C20H22F2N2O2. The summed E-state index contributed by atoms with van der Waals surface area (Å²) in [5.41, 5.74) is 1.59. The summed E-state index contributed by atoms with van der Waals surface area (Å²) >= 11 is 0. The lowest BCUT2D eigenvalue weighted by Crippen LogP contribution is -2.36. The van der Waals surface area contributed by atoms with Crippen molar-refractivity contribution < 1.29 is 18.3 Å². The molecule has 2 aromatic carbocycles. The Labute approximate surface area is 151 Å². The Balaban J connectivity index is 1.63. The van der Waals surface area contributed by atoms with Crippen molar-refractivity contribution in [1.82, 2.24) is 10.2 Å². The summed E-state index contributed by atoms with van der Waals surface area (Å²) in [4.78, 5) is 14.8. The maximum atomic E-state index is 12.4. The minimum atomic E-state index is -2.87. The van der Waals surface area contributed by atoms with E-state index in [0.29, 0.717) is 12.1 Å². The van der Waals surface area contributed by atoms with Crippen molar-refractivity contribution in [3.8, 4) is 5.75 Å². The molecule has 0 aromatic heterocycles. The van der Waals surface area contributed by atoms with Gasteiger partial charge in [-0.15, -0.1) is 0 Å². The zero-order chi connectivity index (χ0) is 18.4. The summed E-state index contributed by atoms with van der Waals surface area (Å²) in [7, 11) is 0. The summed E-state index contributed by atoms with van der Waals surface area (Å²) in [6, 6.07) is 16.0. The van der Waals surface area contributed by atoms with Gasteiger partial charge in [-0.3, -0.25) is 9.69 Å². The van der Waals surface area contributed by atoms with Gasteiger partial charge in [-0.1, -0.05) is 30.3 Å². The molecule has 4 nitrogen and oxygen atoms in total. The third kappa shape index (κ3) is 4.79. The topological polar surface area (TPSA) is 41.6 Å². The fraction of sp³-hybridized carbons (Fsp3) is 0.350. The van der Waals surface area contributed by atoms with Gasteiger partial charge in [0.15, 0.2) is 0 Å². The van der Waals surface area contributed by atoms with Crippen molar-refractivity contribution in [3.63, 3.8) is 0 Å². The van der Waals surface area contributed by atoms with Crippen LogP contribution in [0, 0.1) is 0 Å². The number of rotatable bonds is 7. The normalized spacial score (nSPS) is 15.8. The second-order valence-corrected chi connectivity index (χ2v) is 6.28. The first-order chi connectivity index (χ1) is 12.6. The van der Waals surface area contributed by atoms with Crippen LogP contribution in [0.15, 0.2) is 54.6 Å². The smallest absolute Gasteiger partial charge is 0.387 e. The van der Waals surface area contributed by atoms with Crippen LogP contribution in [0.5, 0.6) is 5.75 Å². The molecule has 2 aromatic rings. The molecule has 1 heterocycles. The SMILES string of the molecule is O=C(NC[C@@H](c1ccccc1)N1CCCC1)c1ccc(OC(F)F)cc1. The molecule has 1 fully saturated rings. The van der Waals surface area contributed by atoms with E-state index < -0.39 is 6.61 Å². The van der Waals surface area contributed by atoms with E-state index in [0.717, 1.165) is 13.1 Å². The predicted molar refractivity (Wildman–Crippen MR) is 95.4 cm³/mol. The van der Waals surface area contributed by atoms with E-state index in [1.807, 2.05) is 18.2 Å². The van der Waals surface area contributed by atoms with Crippen LogP contribution in [0.1, 0.15) is 34.8 Å². The molecule has 0 aliphatic carbocycles. The summed E-state index contributed by atoms with van der Waals surface area (Å²) in [6.45, 7) is -0.329. The van der Waals surface area contributed by atoms with E-state index >= 15 is 0 Å². The number of likely N-dealkylation sites (tertiary alicyclic amines) is 1. The van der Waals surface area contributed by atoms with E-state index in [9.17, 15) is 13.6 Å². The van der Waals surface area contributed by atoms with E-state index in [4.69, 9.17) is 0 Å². The van der Waals surface area contributed by atoms with Crippen LogP contribution in [0.3, 0.4) is 0 Å². The van der Waals surface area contributed by atoms with E-state index in [1.54, 1.807) is 0 Å². The van der Waals surface area contributed by atoms with Crippen molar-refractivity contribution in [3.05, 3.63) is 65.7 Å². The van der Waals surface area contributed by atoms with Crippen LogP contribution in [-0.4, -0.2) is 37.1 Å². The lowest BCUT2D eigenvalue weighted by molar-refractivity contribution is -0.0498. The van der Waals surface area contributed by atoms with Crippen LogP contribution < -0.4 is 10.1 Å². The Morgan fingerprint density at radius 2 is 1.69 bits per heavy atom. The molecule has 1 aliphatic rings. The van der Waals surface area contributed by atoms with Gasteiger partial charge in [-0.05, 0) is 55.8 Å². The number of hydrogen-bond donors (Lipinski definition) is 1. The third-order valence-corrected chi connectivity index (χ3v) is 4.56. The largest absolute Gasteiger partial charge is 0.435 e. The molecule has 0 spiro atoms. The standard InChI is InChI=1S/C20H22F2N2O2/c21-20(22)26-17-10-8-16(9-11-17)19(25)23-14-18(24-12-4-5-13-24)15-6-2-1-3-7-15/h1-3,6-11,18,20H,4-5,12-14H2,(H,23,25)/t18-/m0/s1. The molecular weight excluding hydrogens is 338 g/mol. The van der Waals surface area contributed by atoms with E-state index in [2.05, 4.69) is 27.1 Å². The highest BCUT2D eigenvalue weighted by atomic mass is 19.3. The first-order valence-electron chi connectivity index (χ1n) is 8.75. The zero-order valence-electron chi connectivity index (χ0n) is 14.4. The van der Waals surface area contributed by atoms with Gasteiger partial charge in [-0.25, -0.2) is 0 Å². The molecule has 0 bridgehead atoms. The average Bonchev–Trinajstić information content (AvgIpc) is 3.17. The number of ether oxygens (including phenoxy) is 1. The lowest BCUT2D eigenvalue weighted by atomic mass is 10.1. The molecule has 0 unspecified atom stereocenters. The average molecular weight is 360 g/mol. The Bertz CT molecular complexity index is 702. The third-order valence-electron chi connectivity index (χ3n) is 4.56. The first kappa shape index (κ1) is 18.3. The number of benzene rings is 2. The fourth-order valence-corrected chi connectivity index (χ4v) is 3.27. The zero-order valence-corrected chi connectivity index (χ0v) is 14.4. The summed E-state index contributed by atoms with van der Waals surface area (Å²) in [5.74, 6) is -0.190. The highest BCUT2D eigenvalue weighted by molar-refractivity contribution is 5.94. The second-order valence-electron chi connectivity index (χ2n) is 6.28. The highest BCUT2D eigenvalue weighted by Crippen LogP contribution is 2.24. The Hall–Kier alpha value is -2.47. The monoisotopic (exact) mass is 360 g/mol. The maximum absolute atomic E-state index is 12.4. The van der Waals surface area contributed by atoms with E-state index in [1.165, 1.54) is 42.7 Å². The van der Waals surface area contributed by atoms with E-state index in [-0.39, 0.29) is 17.7 Å².